The number of rotatable bonds is 7. The summed E-state index contributed by atoms with van der Waals surface area (Å²) in [6, 6.07) is 6.29. The van der Waals surface area contributed by atoms with Crippen LogP contribution in [0.15, 0.2) is 24.3 Å². The van der Waals surface area contributed by atoms with Crippen LogP contribution in [-0.2, 0) is 9.53 Å². The third-order valence-corrected chi connectivity index (χ3v) is 6.35. The molecular weight excluding hydrogens is 435 g/mol. The number of anilines is 1. The Morgan fingerprint density at radius 1 is 1.15 bits per heavy atom. The third-order valence-electron chi connectivity index (χ3n) is 6.35. The number of carbonyl (C=O) groups is 1. The van der Waals surface area contributed by atoms with Gasteiger partial charge in [0.05, 0.1) is 16.8 Å². The quantitative estimate of drug-likeness (QED) is 0.524. The molecule has 34 heavy (non-hydrogen) atoms. The Labute approximate surface area is 199 Å². The molecule has 1 fully saturated rings. The van der Waals surface area contributed by atoms with Crippen LogP contribution >= 0.6 is 0 Å². The molecule has 0 saturated carbocycles. The van der Waals surface area contributed by atoms with Crippen molar-refractivity contribution in [3.8, 4) is 5.69 Å². The fraction of sp³-hybridized carbons (Fsp3) is 0.520. The van der Waals surface area contributed by atoms with Gasteiger partial charge in [0.25, 0.3) is 0 Å². The highest BCUT2D eigenvalue weighted by atomic mass is 19.1. The van der Waals surface area contributed by atoms with Crippen molar-refractivity contribution < 1.29 is 13.9 Å². The van der Waals surface area contributed by atoms with E-state index in [0.29, 0.717) is 19.6 Å². The first-order valence-electron chi connectivity index (χ1n) is 12.0. The predicted molar refractivity (Wildman–Crippen MR) is 130 cm³/mol. The van der Waals surface area contributed by atoms with E-state index >= 15 is 0 Å². The van der Waals surface area contributed by atoms with Crippen molar-refractivity contribution in [1.29, 1.82) is 0 Å². The molecule has 0 N–H and O–H groups in total. The fourth-order valence-corrected chi connectivity index (χ4v) is 4.55. The highest BCUT2D eigenvalue weighted by Crippen LogP contribution is 2.32. The number of aryl methyl sites for hydroxylation is 1. The number of aromatic nitrogens is 4. The molecule has 4 rings (SSSR count). The van der Waals surface area contributed by atoms with Gasteiger partial charge in [-0.1, -0.05) is 20.3 Å². The number of carbonyl (C=O) groups excluding carboxylic acids is 1. The molecule has 9 heteroatoms. The van der Waals surface area contributed by atoms with Crippen LogP contribution in [0.1, 0.15) is 50.5 Å². The Morgan fingerprint density at radius 2 is 1.91 bits per heavy atom. The van der Waals surface area contributed by atoms with Gasteiger partial charge < -0.3 is 14.5 Å². The van der Waals surface area contributed by atoms with E-state index < -0.39 is 0 Å². The zero-order chi connectivity index (χ0) is 24.2. The summed E-state index contributed by atoms with van der Waals surface area (Å²) in [7, 11) is 1.54. The van der Waals surface area contributed by atoms with Gasteiger partial charge in [0, 0.05) is 39.2 Å². The molecule has 0 bridgehead atoms. The summed E-state index contributed by atoms with van der Waals surface area (Å²) in [5.41, 5.74) is 2.30. The molecule has 1 aliphatic heterocycles. The Kier molecular flexibility index (Phi) is 7.41. The molecule has 3 aromatic rings. The van der Waals surface area contributed by atoms with Crippen molar-refractivity contribution in [3.63, 3.8) is 0 Å². The number of ether oxygens (including phenoxy) is 1. The van der Waals surface area contributed by atoms with Crippen molar-refractivity contribution in [1.82, 2.24) is 24.6 Å². The van der Waals surface area contributed by atoms with Crippen LogP contribution in [0.4, 0.5) is 10.2 Å². The second kappa shape index (κ2) is 10.5. The number of hydrogen-bond donors (Lipinski definition) is 0. The van der Waals surface area contributed by atoms with Crippen LogP contribution in [-0.4, -0.2) is 70.5 Å². The summed E-state index contributed by atoms with van der Waals surface area (Å²) >= 11 is 0. The SMILES string of the molecule is CCC[C@H](C)c1nc(N2CCCN(C(=O)COC)CC2)c2c(C)nn(-c3ccc(F)cc3)c2n1. The van der Waals surface area contributed by atoms with E-state index in [0.717, 1.165) is 59.9 Å². The molecule has 0 aliphatic carbocycles. The zero-order valence-electron chi connectivity index (χ0n) is 20.4. The van der Waals surface area contributed by atoms with Gasteiger partial charge in [0.2, 0.25) is 5.91 Å². The molecule has 182 valence electrons. The van der Waals surface area contributed by atoms with Gasteiger partial charge in [-0.25, -0.2) is 19.0 Å². The number of nitrogens with zero attached hydrogens (tertiary/aromatic N) is 6. The van der Waals surface area contributed by atoms with Crippen LogP contribution in [0.2, 0.25) is 0 Å². The largest absolute Gasteiger partial charge is 0.375 e. The molecule has 3 heterocycles. The maximum atomic E-state index is 13.6. The van der Waals surface area contributed by atoms with Crippen LogP contribution in [0.3, 0.4) is 0 Å². The van der Waals surface area contributed by atoms with E-state index in [4.69, 9.17) is 19.8 Å². The standard InChI is InChI=1S/C25H33FN6O2/c1-5-7-17(2)23-27-24(31-13-6-12-30(14-15-31)21(33)16-34-4)22-18(3)29-32(25(22)28-23)20-10-8-19(26)9-11-20/h8-11,17H,5-7,12-16H2,1-4H3/t17-/m0/s1. The molecule has 1 atom stereocenters. The van der Waals surface area contributed by atoms with Crippen LogP contribution < -0.4 is 4.90 Å². The first-order chi connectivity index (χ1) is 16.4. The van der Waals surface area contributed by atoms with Gasteiger partial charge in [-0.15, -0.1) is 0 Å². The second-order valence-electron chi connectivity index (χ2n) is 8.92. The second-order valence-corrected chi connectivity index (χ2v) is 8.92. The minimum atomic E-state index is -0.290. The summed E-state index contributed by atoms with van der Waals surface area (Å²) in [5, 5.41) is 5.66. The van der Waals surface area contributed by atoms with Gasteiger partial charge in [-0.05, 0) is 44.0 Å². The Hall–Kier alpha value is -3.07. The Balaban J connectivity index is 1.79. The summed E-state index contributed by atoms with van der Waals surface area (Å²) in [4.78, 5) is 26.5. The number of fused-ring (bicyclic) bond motifs is 1. The molecular formula is C25H33FN6O2. The van der Waals surface area contributed by atoms with E-state index in [1.165, 1.54) is 12.1 Å². The van der Waals surface area contributed by atoms with Crippen molar-refractivity contribution >= 4 is 22.8 Å². The van der Waals surface area contributed by atoms with Crippen LogP contribution in [0, 0.1) is 12.7 Å². The topological polar surface area (TPSA) is 76.4 Å². The number of halogens is 1. The summed E-state index contributed by atoms with van der Waals surface area (Å²) in [6.45, 7) is 9.11. The maximum absolute atomic E-state index is 13.6. The van der Waals surface area contributed by atoms with Crippen LogP contribution in [0.5, 0.6) is 0 Å². The molecule has 2 aromatic heterocycles. The molecule has 0 radical (unpaired) electrons. The van der Waals surface area contributed by atoms with E-state index in [1.54, 1.807) is 23.9 Å². The van der Waals surface area contributed by atoms with Crippen molar-refractivity contribution in [2.75, 3.05) is 44.8 Å². The van der Waals surface area contributed by atoms with E-state index in [2.05, 4.69) is 18.7 Å². The lowest BCUT2D eigenvalue weighted by Crippen LogP contribution is -2.37. The Morgan fingerprint density at radius 3 is 2.62 bits per heavy atom. The summed E-state index contributed by atoms with van der Waals surface area (Å²) in [5.74, 6) is 1.55. The molecule has 0 unspecified atom stereocenters. The van der Waals surface area contributed by atoms with E-state index in [-0.39, 0.29) is 24.2 Å². The van der Waals surface area contributed by atoms with Gasteiger partial charge in [0.1, 0.15) is 24.1 Å². The lowest BCUT2D eigenvalue weighted by Gasteiger charge is -2.24. The minimum Gasteiger partial charge on any atom is -0.375 e. The van der Waals surface area contributed by atoms with Crippen molar-refractivity contribution in [2.24, 2.45) is 0 Å². The Bertz CT molecular complexity index is 1150. The number of benzene rings is 1. The molecule has 1 saturated heterocycles. The van der Waals surface area contributed by atoms with Crippen LogP contribution in [0.25, 0.3) is 16.7 Å². The van der Waals surface area contributed by atoms with E-state index in [9.17, 15) is 9.18 Å². The highest BCUT2D eigenvalue weighted by molar-refractivity contribution is 5.91. The molecule has 1 aromatic carbocycles. The average Bonchev–Trinajstić information content (AvgIpc) is 2.99. The fourth-order valence-electron chi connectivity index (χ4n) is 4.55. The minimum absolute atomic E-state index is 0.00903. The lowest BCUT2D eigenvalue weighted by atomic mass is 10.1. The number of methoxy groups -OCH3 is 1. The van der Waals surface area contributed by atoms with Gasteiger partial charge >= 0.3 is 0 Å². The molecule has 1 amide bonds. The summed E-state index contributed by atoms with van der Waals surface area (Å²) < 4.78 is 20.4. The van der Waals surface area contributed by atoms with Gasteiger partial charge in [-0.3, -0.25) is 4.79 Å². The predicted octanol–water partition coefficient (Wildman–Crippen LogP) is 3.85. The molecule has 0 spiro atoms. The van der Waals surface area contributed by atoms with Crippen molar-refractivity contribution in [3.05, 3.63) is 41.6 Å². The van der Waals surface area contributed by atoms with Gasteiger partial charge in [-0.2, -0.15) is 5.10 Å². The first kappa shape index (κ1) is 24.1. The monoisotopic (exact) mass is 468 g/mol. The first-order valence-corrected chi connectivity index (χ1v) is 12.0. The highest BCUT2D eigenvalue weighted by Gasteiger charge is 2.26. The average molecular weight is 469 g/mol. The maximum Gasteiger partial charge on any atom is 0.248 e. The lowest BCUT2D eigenvalue weighted by molar-refractivity contribution is -0.134. The number of hydrogen-bond acceptors (Lipinski definition) is 6. The smallest absolute Gasteiger partial charge is 0.248 e. The molecule has 1 aliphatic rings. The number of amides is 1. The van der Waals surface area contributed by atoms with E-state index in [1.807, 2.05) is 11.8 Å². The van der Waals surface area contributed by atoms with Crippen molar-refractivity contribution in [2.45, 2.75) is 46.0 Å². The van der Waals surface area contributed by atoms with Gasteiger partial charge in [0.15, 0.2) is 5.65 Å². The third kappa shape index (κ3) is 4.89. The zero-order valence-corrected chi connectivity index (χ0v) is 20.4. The summed E-state index contributed by atoms with van der Waals surface area (Å²) in [6.07, 6.45) is 2.86. The molecule has 8 nitrogen and oxygen atoms in total. The normalized spacial score (nSPS) is 15.6.